The molecule has 3 aliphatic carbocycles. The summed E-state index contributed by atoms with van der Waals surface area (Å²) >= 11 is 0. The van der Waals surface area contributed by atoms with Crippen molar-refractivity contribution in [1.29, 1.82) is 0 Å². The first-order valence-electron chi connectivity index (χ1n) is 8.45. The molecule has 2 heteroatoms. The van der Waals surface area contributed by atoms with Gasteiger partial charge in [0.25, 0.3) is 0 Å². The molecular weight excluding hydrogens is 246 g/mol. The lowest BCUT2D eigenvalue weighted by Crippen LogP contribution is -2.35. The Morgan fingerprint density at radius 3 is 2.85 bits per heavy atom. The Balaban J connectivity index is 1.65. The third-order valence-electron chi connectivity index (χ3n) is 5.92. The normalized spacial score (nSPS) is 37.0. The first-order valence-corrected chi connectivity index (χ1v) is 8.45. The molecule has 2 nitrogen and oxygen atoms in total. The Kier molecular flexibility index (Phi) is 3.20. The van der Waals surface area contributed by atoms with Gasteiger partial charge in [-0.25, -0.2) is 4.98 Å². The largest absolute Gasteiger partial charge is 0.445 e. The minimum atomic E-state index is 0.477. The maximum Gasteiger partial charge on any atom is 0.201 e. The van der Waals surface area contributed by atoms with Crippen LogP contribution < -0.4 is 0 Å². The summed E-state index contributed by atoms with van der Waals surface area (Å²) in [4.78, 5) is 4.53. The van der Waals surface area contributed by atoms with E-state index in [9.17, 15) is 0 Å². The fourth-order valence-electron chi connectivity index (χ4n) is 5.03. The van der Waals surface area contributed by atoms with E-state index in [1.54, 1.807) is 5.57 Å². The highest BCUT2D eigenvalue weighted by molar-refractivity contribution is 5.26. The first-order chi connectivity index (χ1) is 9.83. The number of fused-ring (bicyclic) bond motifs is 3. The molecule has 4 rings (SSSR count). The summed E-state index contributed by atoms with van der Waals surface area (Å²) < 4.78 is 5.86. The van der Waals surface area contributed by atoms with Crippen molar-refractivity contribution in [3.63, 3.8) is 0 Å². The van der Waals surface area contributed by atoms with Gasteiger partial charge in [-0.05, 0) is 56.8 Å². The lowest BCUT2D eigenvalue weighted by Gasteiger charge is -2.45. The van der Waals surface area contributed by atoms with E-state index in [1.165, 1.54) is 51.4 Å². The summed E-state index contributed by atoms with van der Waals surface area (Å²) in [6.45, 7) is 2.00. The van der Waals surface area contributed by atoms with Gasteiger partial charge in [-0.2, -0.15) is 0 Å². The fourth-order valence-corrected chi connectivity index (χ4v) is 5.03. The molecule has 4 unspecified atom stereocenters. The van der Waals surface area contributed by atoms with Crippen molar-refractivity contribution in [2.75, 3.05) is 0 Å². The molecule has 0 aromatic carbocycles. The topological polar surface area (TPSA) is 26.0 Å². The highest BCUT2D eigenvalue weighted by Gasteiger charge is 2.41. The molecular formula is C18H25NO. The summed E-state index contributed by atoms with van der Waals surface area (Å²) in [6.07, 6.45) is 15.6. The van der Waals surface area contributed by atoms with E-state index in [0.29, 0.717) is 5.92 Å². The van der Waals surface area contributed by atoms with Crippen molar-refractivity contribution in [2.24, 2.45) is 17.8 Å². The molecule has 1 aromatic rings. The van der Waals surface area contributed by atoms with Gasteiger partial charge >= 0.3 is 0 Å². The summed E-state index contributed by atoms with van der Waals surface area (Å²) in [5.41, 5.74) is 1.68. The molecule has 0 radical (unpaired) electrons. The Morgan fingerprint density at radius 2 is 2.00 bits per heavy atom. The molecule has 20 heavy (non-hydrogen) atoms. The SMILES string of the molecule is Cc1cnc(C2CCCC3C2=CCC2CCCCC23)o1. The van der Waals surface area contributed by atoms with Gasteiger partial charge in [0.05, 0.1) is 12.1 Å². The van der Waals surface area contributed by atoms with Crippen LogP contribution in [0.1, 0.15) is 68.9 Å². The van der Waals surface area contributed by atoms with Gasteiger partial charge in [0.1, 0.15) is 5.76 Å². The fraction of sp³-hybridized carbons (Fsp3) is 0.722. The van der Waals surface area contributed by atoms with Crippen LogP contribution in [-0.4, -0.2) is 4.98 Å². The van der Waals surface area contributed by atoms with Gasteiger partial charge in [-0.3, -0.25) is 0 Å². The predicted octanol–water partition coefficient (Wildman–Crippen LogP) is 5.00. The van der Waals surface area contributed by atoms with Gasteiger partial charge in [-0.15, -0.1) is 0 Å². The van der Waals surface area contributed by atoms with Crippen molar-refractivity contribution in [1.82, 2.24) is 4.98 Å². The summed E-state index contributed by atoms with van der Waals surface area (Å²) in [7, 11) is 0. The maximum atomic E-state index is 5.86. The van der Waals surface area contributed by atoms with E-state index in [4.69, 9.17) is 4.42 Å². The molecule has 0 N–H and O–H groups in total. The molecule has 0 amide bonds. The minimum Gasteiger partial charge on any atom is -0.445 e. The van der Waals surface area contributed by atoms with Crippen molar-refractivity contribution in [3.05, 3.63) is 29.5 Å². The second kappa shape index (κ2) is 5.05. The zero-order valence-electron chi connectivity index (χ0n) is 12.5. The Bertz CT molecular complexity index is 515. The molecule has 2 saturated carbocycles. The number of aromatic nitrogens is 1. The van der Waals surface area contributed by atoms with Crippen LogP contribution in [0, 0.1) is 24.7 Å². The van der Waals surface area contributed by atoms with Crippen molar-refractivity contribution < 1.29 is 4.42 Å². The van der Waals surface area contributed by atoms with E-state index >= 15 is 0 Å². The highest BCUT2D eigenvalue weighted by Crippen LogP contribution is 2.52. The van der Waals surface area contributed by atoms with Crippen LogP contribution in [0.25, 0.3) is 0 Å². The van der Waals surface area contributed by atoms with Gasteiger partial charge in [0.15, 0.2) is 0 Å². The molecule has 0 bridgehead atoms. The first kappa shape index (κ1) is 12.7. The summed E-state index contributed by atoms with van der Waals surface area (Å²) in [5.74, 6) is 5.18. The zero-order chi connectivity index (χ0) is 13.5. The van der Waals surface area contributed by atoms with Gasteiger partial charge in [0.2, 0.25) is 5.89 Å². The molecule has 0 saturated heterocycles. The molecule has 2 fully saturated rings. The predicted molar refractivity (Wildman–Crippen MR) is 79.5 cm³/mol. The van der Waals surface area contributed by atoms with E-state index in [-0.39, 0.29) is 0 Å². The smallest absolute Gasteiger partial charge is 0.201 e. The van der Waals surface area contributed by atoms with Gasteiger partial charge in [0, 0.05) is 0 Å². The summed E-state index contributed by atoms with van der Waals surface area (Å²) in [6, 6.07) is 0. The van der Waals surface area contributed by atoms with Crippen LogP contribution >= 0.6 is 0 Å². The number of hydrogen-bond donors (Lipinski definition) is 0. The van der Waals surface area contributed by atoms with Crippen molar-refractivity contribution in [3.8, 4) is 0 Å². The van der Waals surface area contributed by atoms with Crippen LogP contribution in [-0.2, 0) is 0 Å². The molecule has 4 atom stereocenters. The third kappa shape index (κ3) is 2.04. The standard InChI is InChI=1S/C18H25NO/c1-12-11-19-18(20-12)17-8-4-7-15-14-6-3-2-5-13(14)9-10-16(15)17/h10-11,13-15,17H,2-9H2,1H3. The van der Waals surface area contributed by atoms with E-state index < -0.39 is 0 Å². The molecule has 3 aliphatic rings. The number of oxazole rings is 1. The Labute approximate surface area is 121 Å². The maximum absolute atomic E-state index is 5.86. The number of allylic oxidation sites excluding steroid dienone is 2. The Hall–Kier alpha value is -1.05. The quantitative estimate of drug-likeness (QED) is 0.671. The van der Waals surface area contributed by atoms with E-state index in [0.717, 1.165) is 29.4 Å². The molecule has 0 spiro atoms. The van der Waals surface area contributed by atoms with Crippen LogP contribution in [0.2, 0.25) is 0 Å². The lowest BCUT2D eigenvalue weighted by molar-refractivity contribution is 0.140. The van der Waals surface area contributed by atoms with Crippen LogP contribution in [0.3, 0.4) is 0 Å². The van der Waals surface area contributed by atoms with Gasteiger partial charge in [-0.1, -0.05) is 30.9 Å². The van der Waals surface area contributed by atoms with E-state index in [2.05, 4.69) is 11.1 Å². The Morgan fingerprint density at radius 1 is 1.10 bits per heavy atom. The average molecular weight is 271 g/mol. The number of nitrogens with zero attached hydrogens (tertiary/aromatic N) is 1. The second-order valence-electron chi connectivity index (χ2n) is 7.05. The third-order valence-corrected chi connectivity index (χ3v) is 5.92. The van der Waals surface area contributed by atoms with Crippen LogP contribution in [0.5, 0.6) is 0 Å². The van der Waals surface area contributed by atoms with Crippen LogP contribution in [0.15, 0.2) is 22.3 Å². The number of hydrogen-bond acceptors (Lipinski definition) is 2. The average Bonchev–Trinajstić information content (AvgIpc) is 2.93. The molecule has 1 heterocycles. The molecule has 0 aliphatic heterocycles. The summed E-state index contributed by atoms with van der Waals surface area (Å²) in [5, 5.41) is 0. The second-order valence-corrected chi connectivity index (χ2v) is 7.05. The number of rotatable bonds is 1. The number of aryl methyl sites for hydroxylation is 1. The zero-order valence-corrected chi connectivity index (χ0v) is 12.5. The lowest BCUT2D eigenvalue weighted by atomic mass is 9.60. The van der Waals surface area contributed by atoms with Gasteiger partial charge < -0.3 is 4.42 Å². The van der Waals surface area contributed by atoms with Crippen molar-refractivity contribution in [2.45, 2.75) is 64.2 Å². The van der Waals surface area contributed by atoms with E-state index in [1.807, 2.05) is 13.1 Å². The minimum absolute atomic E-state index is 0.477. The monoisotopic (exact) mass is 271 g/mol. The molecule has 108 valence electrons. The molecule has 1 aromatic heterocycles. The van der Waals surface area contributed by atoms with Crippen molar-refractivity contribution >= 4 is 0 Å². The highest BCUT2D eigenvalue weighted by atomic mass is 16.4. The van der Waals surface area contributed by atoms with Crippen LogP contribution in [0.4, 0.5) is 0 Å².